The highest BCUT2D eigenvalue weighted by molar-refractivity contribution is 5.92. The van der Waals surface area contributed by atoms with Gasteiger partial charge in [-0.15, -0.1) is 0 Å². The van der Waals surface area contributed by atoms with Crippen LogP contribution in [0.5, 0.6) is 0 Å². The summed E-state index contributed by atoms with van der Waals surface area (Å²) in [6, 6.07) is 1.60. The summed E-state index contributed by atoms with van der Waals surface area (Å²) in [6.45, 7) is 4.20. The van der Waals surface area contributed by atoms with Gasteiger partial charge < -0.3 is 9.84 Å². The largest absolute Gasteiger partial charge is 0.361 e. The van der Waals surface area contributed by atoms with Gasteiger partial charge in [0.1, 0.15) is 5.76 Å². The van der Waals surface area contributed by atoms with Gasteiger partial charge in [0.25, 0.3) is 5.91 Å². The number of aromatic nitrogens is 1. The Labute approximate surface area is 64.6 Å². The Balaban J connectivity index is 2.69. The van der Waals surface area contributed by atoms with Gasteiger partial charge in [-0.25, -0.2) is 0 Å². The number of amides is 1. The van der Waals surface area contributed by atoms with Crippen molar-refractivity contribution in [3.8, 4) is 0 Å². The zero-order chi connectivity index (χ0) is 8.27. The predicted molar refractivity (Wildman–Crippen MR) is 39.2 cm³/mol. The molecule has 0 spiro atoms. The van der Waals surface area contributed by atoms with Crippen molar-refractivity contribution in [3.63, 3.8) is 0 Å². The summed E-state index contributed by atoms with van der Waals surface area (Å²) in [5, 5.41) is 6.16. The van der Waals surface area contributed by atoms with E-state index in [1.807, 2.05) is 6.92 Å². The molecule has 1 rings (SSSR count). The average molecular weight is 154 g/mol. The molecule has 0 bridgehead atoms. The standard InChI is InChI=1S/C7H10N2O2/c1-3-8-7(10)6-4-5(2)11-9-6/h4H,3H2,1-2H3,(H,8,10). The highest BCUT2D eigenvalue weighted by Crippen LogP contribution is 2.00. The number of nitrogens with one attached hydrogen (secondary N) is 1. The summed E-state index contributed by atoms with van der Waals surface area (Å²) in [4.78, 5) is 11.0. The average Bonchev–Trinajstić information content (AvgIpc) is 2.36. The minimum atomic E-state index is -0.190. The van der Waals surface area contributed by atoms with Gasteiger partial charge in [0.05, 0.1) is 0 Å². The van der Waals surface area contributed by atoms with E-state index < -0.39 is 0 Å². The summed E-state index contributed by atoms with van der Waals surface area (Å²) < 4.78 is 4.72. The van der Waals surface area contributed by atoms with Crippen LogP contribution >= 0.6 is 0 Å². The van der Waals surface area contributed by atoms with Crippen LogP contribution in [0.2, 0.25) is 0 Å². The summed E-state index contributed by atoms with van der Waals surface area (Å²) in [5.41, 5.74) is 0.337. The topological polar surface area (TPSA) is 55.1 Å². The number of hydrogen-bond acceptors (Lipinski definition) is 3. The smallest absolute Gasteiger partial charge is 0.273 e. The van der Waals surface area contributed by atoms with E-state index in [-0.39, 0.29) is 5.91 Å². The quantitative estimate of drug-likeness (QED) is 0.683. The first kappa shape index (κ1) is 7.78. The van der Waals surface area contributed by atoms with Gasteiger partial charge in [-0.3, -0.25) is 4.79 Å². The number of carbonyl (C=O) groups excluding carboxylic acids is 1. The van der Waals surface area contributed by atoms with Crippen molar-refractivity contribution >= 4 is 5.91 Å². The predicted octanol–water partition coefficient (Wildman–Crippen LogP) is 0.733. The number of aryl methyl sites for hydroxylation is 1. The lowest BCUT2D eigenvalue weighted by molar-refractivity contribution is 0.0947. The number of hydrogen-bond donors (Lipinski definition) is 1. The highest BCUT2D eigenvalue weighted by atomic mass is 16.5. The second kappa shape index (κ2) is 3.18. The molecule has 4 heteroatoms. The molecule has 1 heterocycles. The van der Waals surface area contributed by atoms with Crippen molar-refractivity contribution in [2.45, 2.75) is 13.8 Å². The molecule has 11 heavy (non-hydrogen) atoms. The Morgan fingerprint density at radius 1 is 1.82 bits per heavy atom. The molecular formula is C7H10N2O2. The zero-order valence-corrected chi connectivity index (χ0v) is 6.55. The van der Waals surface area contributed by atoms with Crippen LogP contribution < -0.4 is 5.32 Å². The summed E-state index contributed by atoms with van der Waals surface area (Å²) in [5.74, 6) is 0.454. The lowest BCUT2D eigenvalue weighted by Gasteiger charge is -1.94. The van der Waals surface area contributed by atoms with Gasteiger partial charge in [-0.05, 0) is 13.8 Å². The number of rotatable bonds is 2. The Bertz CT molecular complexity index is 255. The maximum absolute atomic E-state index is 11.0. The van der Waals surface area contributed by atoms with Gasteiger partial charge in [-0.1, -0.05) is 5.16 Å². The molecule has 1 amide bonds. The molecule has 1 N–H and O–H groups in total. The Morgan fingerprint density at radius 2 is 2.55 bits per heavy atom. The third-order valence-electron chi connectivity index (χ3n) is 1.20. The molecule has 60 valence electrons. The first-order valence-electron chi connectivity index (χ1n) is 3.45. The van der Waals surface area contributed by atoms with Crippen LogP contribution in [0.1, 0.15) is 23.2 Å². The maximum atomic E-state index is 11.0. The van der Waals surface area contributed by atoms with Crippen molar-refractivity contribution in [2.24, 2.45) is 0 Å². The van der Waals surface area contributed by atoms with E-state index in [2.05, 4.69) is 10.5 Å². The van der Waals surface area contributed by atoms with E-state index in [4.69, 9.17) is 4.52 Å². The van der Waals surface area contributed by atoms with Crippen LogP contribution in [0.15, 0.2) is 10.6 Å². The molecular weight excluding hydrogens is 144 g/mol. The normalized spacial score (nSPS) is 9.64. The first-order chi connectivity index (χ1) is 5.24. The van der Waals surface area contributed by atoms with Crippen molar-refractivity contribution < 1.29 is 9.32 Å². The third kappa shape index (κ3) is 1.80. The first-order valence-corrected chi connectivity index (χ1v) is 3.45. The molecule has 1 aromatic heterocycles. The molecule has 1 aromatic rings. The Morgan fingerprint density at radius 3 is 3.00 bits per heavy atom. The number of nitrogens with zero attached hydrogens (tertiary/aromatic N) is 1. The SMILES string of the molecule is CCNC(=O)c1cc(C)on1. The van der Waals surface area contributed by atoms with Crippen LogP contribution in [0.4, 0.5) is 0 Å². The van der Waals surface area contributed by atoms with Crippen LogP contribution in [0.25, 0.3) is 0 Å². The van der Waals surface area contributed by atoms with Gasteiger partial charge in [-0.2, -0.15) is 0 Å². The fourth-order valence-corrected chi connectivity index (χ4v) is 0.725. The van der Waals surface area contributed by atoms with Crippen LogP contribution in [-0.4, -0.2) is 17.6 Å². The Kier molecular flexibility index (Phi) is 2.25. The number of carbonyl (C=O) groups is 1. The lowest BCUT2D eigenvalue weighted by Crippen LogP contribution is -2.22. The molecule has 0 atom stereocenters. The molecule has 0 fully saturated rings. The second-order valence-electron chi connectivity index (χ2n) is 2.18. The molecule has 0 aromatic carbocycles. The summed E-state index contributed by atoms with van der Waals surface area (Å²) >= 11 is 0. The van der Waals surface area contributed by atoms with Gasteiger partial charge in [0, 0.05) is 12.6 Å². The summed E-state index contributed by atoms with van der Waals surface area (Å²) in [7, 11) is 0. The monoisotopic (exact) mass is 154 g/mol. The van der Waals surface area contributed by atoms with E-state index in [1.54, 1.807) is 13.0 Å². The van der Waals surface area contributed by atoms with Crippen LogP contribution in [0, 0.1) is 6.92 Å². The molecule has 0 radical (unpaired) electrons. The van der Waals surface area contributed by atoms with Crippen molar-refractivity contribution in [1.82, 2.24) is 10.5 Å². The molecule has 4 nitrogen and oxygen atoms in total. The van der Waals surface area contributed by atoms with E-state index in [1.165, 1.54) is 0 Å². The maximum Gasteiger partial charge on any atom is 0.273 e. The molecule has 0 aliphatic carbocycles. The third-order valence-corrected chi connectivity index (χ3v) is 1.20. The zero-order valence-electron chi connectivity index (χ0n) is 6.55. The van der Waals surface area contributed by atoms with E-state index in [0.29, 0.717) is 18.0 Å². The van der Waals surface area contributed by atoms with Crippen LogP contribution in [-0.2, 0) is 0 Å². The molecule has 0 aliphatic heterocycles. The van der Waals surface area contributed by atoms with Crippen LogP contribution in [0.3, 0.4) is 0 Å². The van der Waals surface area contributed by atoms with Crippen molar-refractivity contribution in [1.29, 1.82) is 0 Å². The fourth-order valence-electron chi connectivity index (χ4n) is 0.725. The van der Waals surface area contributed by atoms with Crippen molar-refractivity contribution in [3.05, 3.63) is 17.5 Å². The lowest BCUT2D eigenvalue weighted by atomic mass is 10.3. The van der Waals surface area contributed by atoms with Gasteiger partial charge in [0.15, 0.2) is 5.69 Å². The molecule has 0 saturated heterocycles. The van der Waals surface area contributed by atoms with Gasteiger partial charge >= 0.3 is 0 Å². The fraction of sp³-hybridized carbons (Fsp3) is 0.429. The van der Waals surface area contributed by atoms with E-state index >= 15 is 0 Å². The minimum Gasteiger partial charge on any atom is -0.361 e. The summed E-state index contributed by atoms with van der Waals surface area (Å²) in [6.07, 6.45) is 0. The van der Waals surface area contributed by atoms with Crippen molar-refractivity contribution in [2.75, 3.05) is 6.54 Å². The molecule has 0 aliphatic rings. The second-order valence-corrected chi connectivity index (χ2v) is 2.18. The molecule has 0 unspecified atom stereocenters. The molecule has 0 saturated carbocycles. The van der Waals surface area contributed by atoms with E-state index in [9.17, 15) is 4.79 Å². The Hall–Kier alpha value is -1.32. The highest BCUT2D eigenvalue weighted by Gasteiger charge is 2.08. The van der Waals surface area contributed by atoms with Gasteiger partial charge in [0.2, 0.25) is 0 Å². The van der Waals surface area contributed by atoms with E-state index in [0.717, 1.165) is 0 Å². The minimum absolute atomic E-state index is 0.190.